The first-order valence-corrected chi connectivity index (χ1v) is 25.8. The molecule has 7 amide bonds. The molecule has 27 heteroatoms. The number of hydrogen-bond donors (Lipinski definition) is 13. The first kappa shape index (κ1) is 57.5. The molecule has 3 saturated heterocycles. The SMILES string of the molecule is CC(C)[C@H](NC(=O)[C@H](CCCN=C(N)N)NC(=O)[C@@H](N)CC(=O)O)C(=O)N[C@]1(Cc2ccc(O)cc2)C[C@@H]2SC[C@@H](C(=O)NN[C@@H](Cc3cnc[nH]3)C(=O)N3CCC[C@H]3C(=O)N[C@@H](Cc3ccccc3)C(=O)O)N2C1=O. The van der Waals surface area contributed by atoms with Gasteiger partial charge < -0.3 is 68.6 Å². The van der Waals surface area contributed by atoms with Crippen molar-refractivity contribution in [3.05, 3.63) is 83.9 Å². The average Bonchev–Trinajstić information content (AvgIpc) is 4.25. The van der Waals surface area contributed by atoms with Gasteiger partial charge in [0.2, 0.25) is 35.4 Å². The minimum Gasteiger partial charge on any atom is -0.508 e. The van der Waals surface area contributed by atoms with E-state index < -0.39 is 119 Å². The number of aromatic amines is 1. The van der Waals surface area contributed by atoms with Gasteiger partial charge in [0.1, 0.15) is 47.5 Å². The predicted molar refractivity (Wildman–Crippen MR) is 275 cm³/mol. The number of carbonyl (C=O) groups excluding carboxylic acids is 7. The highest BCUT2D eigenvalue weighted by atomic mass is 32.2. The molecule has 1 aromatic heterocycles. The summed E-state index contributed by atoms with van der Waals surface area (Å²) < 4.78 is 0. The van der Waals surface area contributed by atoms with Crippen molar-refractivity contribution in [2.24, 2.45) is 28.1 Å². The number of aromatic hydroxyl groups is 1. The van der Waals surface area contributed by atoms with Gasteiger partial charge in [0.05, 0.1) is 24.2 Å². The number of nitrogens with two attached hydrogens (primary N) is 3. The van der Waals surface area contributed by atoms with Crippen LogP contribution in [0.5, 0.6) is 5.75 Å². The van der Waals surface area contributed by atoms with E-state index in [1.165, 1.54) is 46.2 Å². The number of rotatable bonds is 26. The Hall–Kier alpha value is -7.78. The number of carboxylic acid groups (broad SMARTS) is 2. The van der Waals surface area contributed by atoms with Crippen molar-refractivity contribution in [3.8, 4) is 5.75 Å². The van der Waals surface area contributed by atoms with Crippen LogP contribution in [-0.2, 0) is 62.4 Å². The number of aliphatic carboxylic acids is 2. The van der Waals surface area contributed by atoms with E-state index >= 15 is 4.79 Å². The molecule has 3 aromatic rings. The number of carboxylic acids is 2. The van der Waals surface area contributed by atoms with Crippen LogP contribution in [0.25, 0.3) is 0 Å². The number of nitrogens with zero attached hydrogens (tertiary/aromatic N) is 4. The van der Waals surface area contributed by atoms with Gasteiger partial charge >= 0.3 is 11.9 Å². The molecule has 3 aliphatic rings. The van der Waals surface area contributed by atoms with Gasteiger partial charge in [-0.2, -0.15) is 0 Å². The zero-order valence-corrected chi connectivity index (χ0v) is 42.8. The molecule has 0 aliphatic carbocycles. The lowest BCUT2D eigenvalue weighted by atomic mass is 9.87. The summed E-state index contributed by atoms with van der Waals surface area (Å²) >= 11 is 1.29. The second-order valence-corrected chi connectivity index (χ2v) is 20.5. The van der Waals surface area contributed by atoms with Crippen LogP contribution in [0.3, 0.4) is 0 Å². The van der Waals surface area contributed by atoms with Crippen LogP contribution in [0.1, 0.15) is 69.2 Å². The zero-order chi connectivity index (χ0) is 55.3. The lowest BCUT2D eigenvalue weighted by Gasteiger charge is -2.34. The number of aliphatic imine (C=N–C) groups is 1. The number of phenols is 1. The molecule has 9 atom stereocenters. The normalized spacial score (nSPS) is 20.8. The number of nitrogens with one attached hydrogen (secondary N) is 7. The summed E-state index contributed by atoms with van der Waals surface area (Å²) in [7, 11) is 0. The molecular formula is C49H66N14O12S. The Labute approximate surface area is 441 Å². The van der Waals surface area contributed by atoms with Crippen LogP contribution in [0.4, 0.5) is 0 Å². The molecule has 0 spiro atoms. The highest BCUT2D eigenvalue weighted by Gasteiger charge is 2.59. The van der Waals surface area contributed by atoms with Gasteiger partial charge in [0.25, 0.3) is 5.91 Å². The first-order valence-electron chi connectivity index (χ1n) is 24.7. The second-order valence-electron chi connectivity index (χ2n) is 19.3. The molecule has 6 rings (SSSR count). The summed E-state index contributed by atoms with van der Waals surface area (Å²) in [5.41, 5.74) is 22.2. The van der Waals surface area contributed by atoms with E-state index in [-0.39, 0.29) is 75.5 Å². The smallest absolute Gasteiger partial charge is 0.326 e. The largest absolute Gasteiger partial charge is 0.508 e. The summed E-state index contributed by atoms with van der Waals surface area (Å²) in [5, 5.41) is 39.3. The van der Waals surface area contributed by atoms with Crippen molar-refractivity contribution in [3.63, 3.8) is 0 Å². The molecule has 26 nitrogen and oxygen atoms in total. The van der Waals surface area contributed by atoms with E-state index in [1.54, 1.807) is 56.3 Å². The number of hydrazine groups is 1. The third-order valence-electron chi connectivity index (χ3n) is 13.3. The minimum atomic E-state index is -1.71. The van der Waals surface area contributed by atoms with Crippen LogP contribution in [0.15, 0.2) is 72.1 Å². The fourth-order valence-electron chi connectivity index (χ4n) is 9.40. The van der Waals surface area contributed by atoms with Crippen molar-refractivity contribution in [1.82, 2.24) is 51.9 Å². The number of imidazole rings is 1. The quantitative estimate of drug-likeness (QED) is 0.0174. The third kappa shape index (κ3) is 15.0. The molecule has 16 N–H and O–H groups in total. The van der Waals surface area contributed by atoms with Gasteiger partial charge in [-0.1, -0.05) is 56.3 Å². The van der Waals surface area contributed by atoms with Gasteiger partial charge in [0, 0.05) is 56.4 Å². The molecule has 410 valence electrons. The summed E-state index contributed by atoms with van der Waals surface area (Å²) in [6, 6.07) is 6.05. The minimum absolute atomic E-state index is 0.00252. The topological polar surface area (TPSA) is 412 Å². The molecule has 0 saturated carbocycles. The first-order chi connectivity index (χ1) is 36.2. The van der Waals surface area contributed by atoms with Crippen molar-refractivity contribution in [1.29, 1.82) is 0 Å². The van der Waals surface area contributed by atoms with Crippen molar-refractivity contribution < 1.29 is 58.5 Å². The van der Waals surface area contributed by atoms with E-state index in [0.717, 1.165) is 0 Å². The van der Waals surface area contributed by atoms with E-state index in [1.807, 2.05) is 0 Å². The Balaban J connectivity index is 1.19. The maximum Gasteiger partial charge on any atom is 0.326 e. The summed E-state index contributed by atoms with van der Waals surface area (Å²) in [6.07, 6.45) is 2.90. The number of likely N-dealkylation sites (tertiary alicyclic amines) is 1. The number of aromatic nitrogens is 2. The number of fused-ring (bicyclic) bond motifs is 1. The summed E-state index contributed by atoms with van der Waals surface area (Å²) in [6.45, 7) is 3.54. The van der Waals surface area contributed by atoms with Crippen LogP contribution in [0, 0.1) is 5.92 Å². The second kappa shape index (κ2) is 26.1. The highest BCUT2D eigenvalue weighted by Crippen LogP contribution is 2.44. The van der Waals surface area contributed by atoms with Gasteiger partial charge in [-0.15, -0.1) is 11.8 Å². The van der Waals surface area contributed by atoms with Crippen LogP contribution in [-0.4, -0.2) is 166 Å². The van der Waals surface area contributed by atoms with Crippen molar-refractivity contribution in [2.45, 2.75) is 125 Å². The molecule has 0 bridgehead atoms. The molecule has 0 unspecified atom stereocenters. The molecule has 0 radical (unpaired) electrons. The van der Waals surface area contributed by atoms with Crippen LogP contribution < -0.4 is 49.3 Å². The molecule has 4 heterocycles. The Kier molecular flexibility index (Phi) is 19.8. The van der Waals surface area contributed by atoms with E-state index in [0.29, 0.717) is 23.2 Å². The van der Waals surface area contributed by atoms with E-state index in [2.05, 4.69) is 47.1 Å². The Morgan fingerprint density at radius 3 is 2.25 bits per heavy atom. The Morgan fingerprint density at radius 2 is 1.61 bits per heavy atom. The monoisotopic (exact) mass is 1070 g/mol. The number of H-pyrrole nitrogens is 1. The zero-order valence-electron chi connectivity index (χ0n) is 42.0. The number of carbonyl (C=O) groups is 9. The van der Waals surface area contributed by atoms with E-state index in [4.69, 9.17) is 17.2 Å². The molecular weight excluding hydrogens is 1010 g/mol. The Morgan fingerprint density at radius 1 is 0.882 bits per heavy atom. The maximum absolute atomic E-state index is 15.0. The van der Waals surface area contributed by atoms with Gasteiger partial charge in [0.15, 0.2) is 5.96 Å². The number of amides is 7. The van der Waals surface area contributed by atoms with Crippen molar-refractivity contribution in [2.75, 3.05) is 18.8 Å². The van der Waals surface area contributed by atoms with Crippen LogP contribution in [0.2, 0.25) is 0 Å². The number of hydrogen-bond acceptors (Lipinski definition) is 15. The average molecular weight is 1080 g/mol. The number of benzene rings is 2. The maximum atomic E-state index is 15.0. The lowest BCUT2D eigenvalue weighted by Crippen LogP contribution is -2.64. The predicted octanol–water partition coefficient (Wildman–Crippen LogP) is -2.30. The third-order valence-corrected chi connectivity index (χ3v) is 14.6. The fraction of sp³-hybridized carbons (Fsp3) is 0.490. The van der Waals surface area contributed by atoms with Gasteiger partial charge in [-0.3, -0.25) is 48.8 Å². The highest BCUT2D eigenvalue weighted by molar-refractivity contribution is 8.00. The summed E-state index contributed by atoms with van der Waals surface area (Å²) in [4.78, 5) is 136. The number of phenolic OH excluding ortho intramolecular Hbond substituents is 1. The van der Waals surface area contributed by atoms with Gasteiger partial charge in [-0.05, 0) is 54.9 Å². The van der Waals surface area contributed by atoms with Gasteiger partial charge in [-0.25, -0.2) is 15.2 Å². The van der Waals surface area contributed by atoms with E-state index in [9.17, 15) is 53.7 Å². The molecule has 3 aliphatic heterocycles. The molecule has 76 heavy (non-hydrogen) atoms. The number of guanidine groups is 1. The molecule has 2 aromatic carbocycles. The van der Waals surface area contributed by atoms with Crippen LogP contribution >= 0.6 is 11.8 Å². The lowest BCUT2D eigenvalue weighted by molar-refractivity contribution is -0.145. The number of thioether (sulfide) groups is 1. The summed E-state index contributed by atoms with van der Waals surface area (Å²) in [5.74, 6) is -8.38. The van der Waals surface area contributed by atoms with Crippen molar-refractivity contribution >= 4 is 71.0 Å². The molecule has 3 fully saturated rings. The standard InChI is InChI=1S/C49H66N14O12S/c1-26(2)39(58-41(68)32(10-6-16-54-48(51)52)56-40(67)31(50)20-38(65)66)44(71)59-49(21-28-12-14-30(64)15-13-28)22-37-63(47(49)75)36(24-76-37)43(70)61-60-33(19-29-23-53-25-55-29)45(72)62-17-7-11-35(62)42(69)57-34(46(73)74)18-27-8-4-3-5-9-27/h3-5,8-9,12-15,23,25-26,31-37,39,60,64H,6-7,10-11,16-22,24,50H2,1-2H3,(H,53,55)(H,56,67)(H,57,69)(H,58,68)(H,59,71)(H,61,70)(H,65,66)(H,73,74)(H4,51,52,54)/t31-,32-,33-,34-,35-,36-,37-,39-,49+/m0/s1. The Bertz CT molecular complexity index is 2600. The fourth-order valence-corrected chi connectivity index (χ4v) is 10.9.